The second-order valence-electron chi connectivity index (χ2n) is 4.74. The van der Waals surface area contributed by atoms with Crippen LogP contribution in [0.4, 0.5) is 5.69 Å². The lowest BCUT2D eigenvalue weighted by Gasteiger charge is -2.19. The molecule has 0 atom stereocenters. The quantitative estimate of drug-likeness (QED) is 0.806. The number of rotatable bonds is 6. The molecule has 2 N–H and O–H groups in total. The van der Waals surface area contributed by atoms with Gasteiger partial charge in [-0.05, 0) is 25.1 Å². The lowest BCUT2D eigenvalue weighted by Crippen LogP contribution is -2.24. The van der Waals surface area contributed by atoms with E-state index in [4.69, 9.17) is 5.73 Å². The summed E-state index contributed by atoms with van der Waals surface area (Å²) in [6.07, 6.45) is 3.05. The third kappa shape index (κ3) is 3.32. The molecular formula is C16H21N3. The number of nitrogens with two attached hydrogens (primary N) is 1. The van der Waals surface area contributed by atoms with E-state index in [9.17, 15) is 0 Å². The van der Waals surface area contributed by atoms with Crippen LogP contribution >= 0.6 is 0 Å². The van der Waals surface area contributed by atoms with Gasteiger partial charge in [0.25, 0.3) is 0 Å². The van der Waals surface area contributed by atoms with Gasteiger partial charge in [-0.1, -0.05) is 31.2 Å². The molecule has 2 aromatic rings. The Bertz CT molecular complexity index is 563. The van der Waals surface area contributed by atoms with Crippen molar-refractivity contribution in [1.82, 2.24) is 9.88 Å². The first-order valence-corrected chi connectivity index (χ1v) is 6.72. The highest BCUT2D eigenvalue weighted by molar-refractivity contribution is 5.90. The maximum Gasteiger partial charge on any atom is 0.0726 e. The molecule has 0 aliphatic rings. The van der Waals surface area contributed by atoms with Crippen LogP contribution in [-0.2, 0) is 6.54 Å². The van der Waals surface area contributed by atoms with Crippen LogP contribution < -0.4 is 5.73 Å². The smallest absolute Gasteiger partial charge is 0.0726 e. The summed E-state index contributed by atoms with van der Waals surface area (Å²) in [4.78, 5) is 7.01. The predicted molar refractivity (Wildman–Crippen MR) is 81.9 cm³/mol. The molecule has 2 rings (SSSR count). The number of hydrogen-bond acceptors (Lipinski definition) is 3. The minimum Gasteiger partial charge on any atom is -0.398 e. The molecule has 0 spiro atoms. The van der Waals surface area contributed by atoms with Gasteiger partial charge in [-0.25, -0.2) is 0 Å². The SMILES string of the molecule is C=CCN(CCC)Cc1cc(N)c2ccccc2n1. The normalized spacial score (nSPS) is 11.1. The minimum atomic E-state index is 0.802. The van der Waals surface area contributed by atoms with E-state index in [1.807, 2.05) is 36.4 Å². The summed E-state index contributed by atoms with van der Waals surface area (Å²) in [6.45, 7) is 8.72. The van der Waals surface area contributed by atoms with Crippen molar-refractivity contribution in [1.29, 1.82) is 0 Å². The van der Waals surface area contributed by atoms with E-state index < -0.39 is 0 Å². The summed E-state index contributed by atoms with van der Waals surface area (Å²) >= 11 is 0. The van der Waals surface area contributed by atoms with Gasteiger partial charge in [0.15, 0.2) is 0 Å². The van der Waals surface area contributed by atoms with Crippen LogP contribution in [0.3, 0.4) is 0 Å². The van der Waals surface area contributed by atoms with E-state index in [2.05, 4.69) is 23.4 Å². The molecule has 0 amide bonds. The molecule has 3 nitrogen and oxygen atoms in total. The zero-order valence-electron chi connectivity index (χ0n) is 11.5. The monoisotopic (exact) mass is 255 g/mol. The number of nitrogens with zero attached hydrogens (tertiary/aromatic N) is 2. The average Bonchev–Trinajstić information content (AvgIpc) is 2.39. The van der Waals surface area contributed by atoms with E-state index in [1.54, 1.807) is 0 Å². The summed E-state index contributed by atoms with van der Waals surface area (Å²) < 4.78 is 0. The molecule has 100 valence electrons. The number of fused-ring (bicyclic) bond motifs is 1. The van der Waals surface area contributed by atoms with Gasteiger partial charge in [0.1, 0.15) is 0 Å². The first-order chi connectivity index (χ1) is 9.24. The molecule has 0 aliphatic heterocycles. The number of pyridine rings is 1. The van der Waals surface area contributed by atoms with Gasteiger partial charge in [0.2, 0.25) is 0 Å². The van der Waals surface area contributed by atoms with Crippen molar-refractivity contribution in [3.63, 3.8) is 0 Å². The number of benzene rings is 1. The highest BCUT2D eigenvalue weighted by Crippen LogP contribution is 2.20. The molecule has 0 saturated heterocycles. The maximum atomic E-state index is 6.10. The maximum absolute atomic E-state index is 6.10. The first kappa shape index (κ1) is 13.6. The van der Waals surface area contributed by atoms with Gasteiger partial charge < -0.3 is 5.73 Å². The molecule has 1 aromatic carbocycles. The van der Waals surface area contributed by atoms with Crippen molar-refractivity contribution in [3.05, 3.63) is 48.7 Å². The fourth-order valence-electron chi connectivity index (χ4n) is 2.30. The van der Waals surface area contributed by atoms with Crippen molar-refractivity contribution in [2.24, 2.45) is 0 Å². The molecule has 0 bridgehead atoms. The Hall–Kier alpha value is -1.87. The van der Waals surface area contributed by atoms with Crippen LogP contribution in [0.2, 0.25) is 0 Å². The minimum absolute atomic E-state index is 0.802. The zero-order chi connectivity index (χ0) is 13.7. The van der Waals surface area contributed by atoms with Crippen molar-refractivity contribution in [3.8, 4) is 0 Å². The fraction of sp³-hybridized carbons (Fsp3) is 0.312. The molecule has 19 heavy (non-hydrogen) atoms. The Kier molecular flexibility index (Phi) is 4.53. The highest BCUT2D eigenvalue weighted by atomic mass is 15.1. The standard InChI is InChI=1S/C16H21N3/c1-3-9-19(10-4-2)12-13-11-15(17)14-7-5-6-8-16(14)18-13/h3,5-8,11H,1,4,9-10,12H2,2H3,(H2,17,18). The zero-order valence-corrected chi connectivity index (χ0v) is 11.5. The molecule has 0 unspecified atom stereocenters. The van der Waals surface area contributed by atoms with Crippen LogP contribution in [0.15, 0.2) is 43.0 Å². The summed E-state index contributed by atoms with van der Waals surface area (Å²) in [5.41, 5.74) is 8.89. The third-order valence-electron chi connectivity index (χ3n) is 3.11. The molecule has 0 fully saturated rings. The second kappa shape index (κ2) is 6.34. The van der Waals surface area contributed by atoms with E-state index in [-0.39, 0.29) is 0 Å². The van der Waals surface area contributed by atoms with E-state index in [0.29, 0.717) is 0 Å². The second-order valence-corrected chi connectivity index (χ2v) is 4.74. The van der Waals surface area contributed by atoms with E-state index in [0.717, 1.165) is 48.3 Å². The summed E-state index contributed by atoms with van der Waals surface area (Å²) in [5, 5.41) is 1.03. The van der Waals surface area contributed by atoms with Gasteiger partial charge in [-0.2, -0.15) is 0 Å². The molecule has 1 aromatic heterocycles. The lowest BCUT2D eigenvalue weighted by atomic mass is 10.1. The van der Waals surface area contributed by atoms with Crippen molar-refractivity contribution < 1.29 is 0 Å². The van der Waals surface area contributed by atoms with Crippen LogP contribution in [-0.4, -0.2) is 23.0 Å². The number of para-hydroxylation sites is 1. The Morgan fingerprint density at radius 1 is 1.37 bits per heavy atom. The van der Waals surface area contributed by atoms with Gasteiger partial charge >= 0.3 is 0 Å². The number of aromatic nitrogens is 1. The summed E-state index contributed by atoms with van der Waals surface area (Å²) in [7, 11) is 0. The van der Waals surface area contributed by atoms with Gasteiger partial charge in [-0.3, -0.25) is 9.88 Å². The van der Waals surface area contributed by atoms with Crippen molar-refractivity contribution >= 4 is 16.6 Å². The van der Waals surface area contributed by atoms with Gasteiger partial charge in [-0.15, -0.1) is 6.58 Å². The van der Waals surface area contributed by atoms with Crippen LogP contribution in [0.1, 0.15) is 19.0 Å². The van der Waals surface area contributed by atoms with E-state index >= 15 is 0 Å². The Labute approximate surface area is 114 Å². The summed E-state index contributed by atoms with van der Waals surface area (Å²) in [5.74, 6) is 0. The molecule has 3 heteroatoms. The lowest BCUT2D eigenvalue weighted by molar-refractivity contribution is 0.292. The fourth-order valence-corrected chi connectivity index (χ4v) is 2.30. The Balaban J connectivity index is 2.26. The van der Waals surface area contributed by atoms with Gasteiger partial charge in [0.05, 0.1) is 11.2 Å². The molecule has 0 aliphatic carbocycles. The number of hydrogen-bond donors (Lipinski definition) is 1. The largest absolute Gasteiger partial charge is 0.398 e. The highest BCUT2D eigenvalue weighted by Gasteiger charge is 2.07. The Morgan fingerprint density at radius 2 is 2.16 bits per heavy atom. The topological polar surface area (TPSA) is 42.1 Å². The number of anilines is 1. The third-order valence-corrected chi connectivity index (χ3v) is 3.11. The number of nitrogen functional groups attached to an aromatic ring is 1. The predicted octanol–water partition coefficient (Wildman–Crippen LogP) is 3.22. The molecule has 0 saturated carbocycles. The molecular weight excluding hydrogens is 234 g/mol. The van der Waals surface area contributed by atoms with Crippen molar-refractivity contribution in [2.75, 3.05) is 18.8 Å². The average molecular weight is 255 g/mol. The molecule has 1 heterocycles. The van der Waals surface area contributed by atoms with Gasteiger partial charge in [0, 0.05) is 24.2 Å². The summed E-state index contributed by atoms with van der Waals surface area (Å²) in [6, 6.07) is 9.98. The van der Waals surface area contributed by atoms with Crippen LogP contribution in [0, 0.1) is 0 Å². The van der Waals surface area contributed by atoms with Crippen molar-refractivity contribution in [2.45, 2.75) is 19.9 Å². The van der Waals surface area contributed by atoms with Crippen LogP contribution in [0.5, 0.6) is 0 Å². The first-order valence-electron chi connectivity index (χ1n) is 6.72. The molecule has 0 radical (unpaired) electrons. The van der Waals surface area contributed by atoms with E-state index in [1.165, 1.54) is 0 Å². The Morgan fingerprint density at radius 3 is 2.89 bits per heavy atom. The van der Waals surface area contributed by atoms with Crippen LogP contribution in [0.25, 0.3) is 10.9 Å².